The summed E-state index contributed by atoms with van der Waals surface area (Å²) in [5, 5.41) is 8.25. The summed E-state index contributed by atoms with van der Waals surface area (Å²) in [6.07, 6.45) is 1.98. The van der Waals surface area contributed by atoms with Gasteiger partial charge in [0.2, 0.25) is 0 Å². The van der Waals surface area contributed by atoms with Gasteiger partial charge >= 0.3 is 0 Å². The second-order valence-electron chi connectivity index (χ2n) is 9.02. The first kappa shape index (κ1) is 21.3. The molecule has 9 nitrogen and oxygen atoms in total. The van der Waals surface area contributed by atoms with E-state index in [0.717, 1.165) is 98.8 Å². The van der Waals surface area contributed by atoms with Crippen LogP contribution in [0, 0.1) is 6.92 Å². The van der Waals surface area contributed by atoms with Crippen molar-refractivity contribution in [2.24, 2.45) is 0 Å². The molecule has 0 spiro atoms. The van der Waals surface area contributed by atoms with Crippen molar-refractivity contribution in [3.63, 3.8) is 0 Å². The standard InChI is InChI=1S/C25H30N8O/c1-18-3-2-4-19(15-18)20-5-8-33(30-20)23-16-21(32-11-13-34-14-12-32)24-25(29-23)28-22(27-24)17-31-9-6-26-7-10-31/h2-5,8,15-16,26H,6-7,9-14,17H2,1H3,(H,27,28,29). The van der Waals surface area contributed by atoms with Crippen LogP contribution in [0.2, 0.25) is 0 Å². The lowest BCUT2D eigenvalue weighted by molar-refractivity contribution is 0.123. The first-order valence-electron chi connectivity index (χ1n) is 12.0. The van der Waals surface area contributed by atoms with E-state index in [1.165, 1.54) is 5.56 Å². The lowest BCUT2D eigenvalue weighted by atomic mass is 10.1. The number of ether oxygens (including phenoxy) is 1. The first-order chi connectivity index (χ1) is 16.7. The summed E-state index contributed by atoms with van der Waals surface area (Å²) in [5.41, 5.74) is 6.08. The largest absolute Gasteiger partial charge is 0.378 e. The molecule has 2 fully saturated rings. The van der Waals surface area contributed by atoms with E-state index in [2.05, 4.69) is 57.4 Å². The molecule has 2 aliphatic rings. The number of fused-ring (bicyclic) bond motifs is 1. The molecule has 1 aromatic carbocycles. The van der Waals surface area contributed by atoms with Gasteiger partial charge in [-0.25, -0.2) is 14.6 Å². The van der Waals surface area contributed by atoms with E-state index in [1.807, 2.05) is 16.9 Å². The number of imidazole rings is 1. The number of morpholine rings is 1. The molecule has 0 saturated carbocycles. The topological polar surface area (TPSA) is 87.1 Å². The molecule has 4 aromatic rings. The number of hydrogen-bond acceptors (Lipinski definition) is 7. The zero-order valence-corrected chi connectivity index (χ0v) is 19.5. The molecule has 9 heteroatoms. The van der Waals surface area contributed by atoms with Crippen molar-refractivity contribution in [3.05, 3.63) is 54.0 Å². The number of aromatic amines is 1. The van der Waals surface area contributed by atoms with Crippen LogP contribution >= 0.6 is 0 Å². The fourth-order valence-electron chi connectivity index (χ4n) is 4.74. The maximum atomic E-state index is 5.60. The lowest BCUT2D eigenvalue weighted by Gasteiger charge is -2.29. The van der Waals surface area contributed by atoms with E-state index >= 15 is 0 Å². The second kappa shape index (κ2) is 9.17. The second-order valence-corrected chi connectivity index (χ2v) is 9.02. The number of hydrogen-bond donors (Lipinski definition) is 2. The van der Waals surface area contributed by atoms with E-state index in [-0.39, 0.29) is 0 Å². The Balaban J connectivity index is 1.38. The molecule has 6 rings (SSSR count). The zero-order valence-electron chi connectivity index (χ0n) is 19.5. The highest BCUT2D eigenvalue weighted by atomic mass is 16.5. The maximum absolute atomic E-state index is 5.60. The molecule has 3 aromatic heterocycles. The molecule has 0 amide bonds. The predicted octanol–water partition coefficient (Wildman–Crippen LogP) is 2.36. The number of nitrogens with zero attached hydrogens (tertiary/aromatic N) is 6. The number of aryl methyl sites for hydroxylation is 1. The fraction of sp³-hybridized carbons (Fsp3) is 0.400. The lowest BCUT2D eigenvalue weighted by Crippen LogP contribution is -2.43. The van der Waals surface area contributed by atoms with E-state index in [0.29, 0.717) is 0 Å². The predicted molar refractivity (Wildman–Crippen MR) is 132 cm³/mol. The van der Waals surface area contributed by atoms with Gasteiger partial charge in [-0.3, -0.25) is 4.90 Å². The highest BCUT2D eigenvalue weighted by Gasteiger charge is 2.21. The van der Waals surface area contributed by atoms with Gasteiger partial charge in [0.25, 0.3) is 0 Å². The van der Waals surface area contributed by atoms with Crippen LogP contribution in [0.25, 0.3) is 28.2 Å². The van der Waals surface area contributed by atoms with Crippen LogP contribution in [0.4, 0.5) is 5.69 Å². The minimum Gasteiger partial charge on any atom is -0.378 e. The highest BCUT2D eigenvalue weighted by Crippen LogP contribution is 2.28. The summed E-state index contributed by atoms with van der Waals surface area (Å²) in [6.45, 7) is 10.1. The van der Waals surface area contributed by atoms with Gasteiger partial charge in [-0.05, 0) is 19.1 Å². The Bertz CT molecular complexity index is 1280. The van der Waals surface area contributed by atoms with Gasteiger partial charge in [0.05, 0.1) is 31.1 Å². The van der Waals surface area contributed by atoms with Crippen molar-refractivity contribution >= 4 is 16.9 Å². The minimum absolute atomic E-state index is 0.722. The molecule has 2 aliphatic heterocycles. The van der Waals surface area contributed by atoms with E-state index in [4.69, 9.17) is 19.8 Å². The third kappa shape index (κ3) is 4.29. The molecule has 0 unspecified atom stereocenters. The SMILES string of the molecule is Cc1cccc(-c2ccn(-c3cc(N4CCOCC4)c4[nH]c(CN5CCNCC5)nc4n3)n2)c1. The minimum atomic E-state index is 0.722. The summed E-state index contributed by atoms with van der Waals surface area (Å²) < 4.78 is 7.46. The van der Waals surface area contributed by atoms with Crippen LogP contribution in [0.5, 0.6) is 0 Å². The smallest absolute Gasteiger partial charge is 0.182 e. The Labute approximate surface area is 198 Å². The van der Waals surface area contributed by atoms with Crippen molar-refractivity contribution in [1.82, 2.24) is 34.9 Å². The third-order valence-electron chi connectivity index (χ3n) is 6.55. The Morgan fingerprint density at radius 3 is 2.68 bits per heavy atom. The van der Waals surface area contributed by atoms with Gasteiger partial charge in [-0.2, -0.15) is 5.10 Å². The molecule has 2 saturated heterocycles. The number of H-pyrrole nitrogens is 1. The van der Waals surface area contributed by atoms with E-state index < -0.39 is 0 Å². The summed E-state index contributed by atoms with van der Waals surface area (Å²) in [5.74, 6) is 1.73. The van der Waals surface area contributed by atoms with Gasteiger partial charge < -0.3 is 19.9 Å². The average molecular weight is 459 g/mol. The number of piperazine rings is 1. The quantitative estimate of drug-likeness (QED) is 0.475. The third-order valence-corrected chi connectivity index (χ3v) is 6.55. The van der Waals surface area contributed by atoms with E-state index in [9.17, 15) is 0 Å². The van der Waals surface area contributed by atoms with Gasteiger partial charge in [0.15, 0.2) is 11.5 Å². The van der Waals surface area contributed by atoms with Crippen LogP contribution in [0.15, 0.2) is 42.6 Å². The van der Waals surface area contributed by atoms with Crippen molar-refractivity contribution < 1.29 is 4.74 Å². The molecule has 0 radical (unpaired) electrons. The van der Waals surface area contributed by atoms with Crippen LogP contribution < -0.4 is 10.2 Å². The van der Waals surface area contributed by atoms with Gasteiger partial charge in [-0.1, -0.05) is 23.8 Å². The number of nitrogens with one attached hydrogen (secondary N) is 2. The number of benzene rings is 1. The number of aromatic nitrogens is 5. The Morgan fingerprint density at radius 2 is 1.85 bits per heavy atom. The van der Waals surface area contributed by atoms with Crippen molar-refractivity contribution in [2.45, 2.75) is 13.5 Å². The van der Waals surface area contributed by atoms with Crippen LogP contribution in [-0.4, -0.2) is 82.1 Å². The average Bonchev–Trinajstić information content (AvgIpc) is 3.52. The summed E-state index contributed by atoms with van der Waals surface area (Å²) >= 11 is 0. The normalized spacial score (nSPS) is 17.5. The van der Waals surface area contributed by atoms with E-state index in [1.54, 1.807) is 0 Å². The molecule has 34 heavy (non-hydrogen) atoms. The monoisotopic (exact) mass is 458 g/mol. The fourth-order valence-corrected chi connectivity index (χ4v) is 4.74. The molecule has 0 aliphatic carbocycles. The molecular weight excluding hydrogens is 428 g/mol. The Hall–Kier alpha value is -3.27. The van der Waals surface area contributed by atoms with Crippen LogP contribution in [0.3, 0.4) is 0 Å². The number of anilines is 1. The summed E-state index contributed by atoms with van der Waals surface area (Å²) in [4.78, 5) is 18.2. The van der Waals surface area contributed by atoms with Crippen molar-refractivity contribution in [3.8, 4) is 17.1 Å². The van der Waals surface area contributed by atoms with Crippen molar-refractivity contribution in [1.29, 1.82) is 0 Å². The molecule has 176 valence electrons. The zero-order chi connectivity index (χ0) is 22.9. The number of pyridine rings is 1. The number of rotatable bonds is 5. The van der Waals surface area contributed by atoms with Crippen LogP contribution in [-0.2, 0) is 11.3 Å². The maximum Gasteiger partial charge on any atom is 0.182 e. The van der Waals surface area contributed by atoms with Gasteiger partial charge in [0, 0.05) is 57.1 Å². The molecular formula is C25H30N8O. The van der Waals surface area contributed by atoms with Crippen LogP contribution in [0.1, 0.15) is 11.4 Å². The molecule has 0 bridgehead atoms. The summed E-state index contributed by atoms with van der Waals surface area (Å²) in [7, 11) is 0. The summed E-state index contributed by atoms with van der Waals surface area (Å²) in [6, 6.07) is 12.6. The molecule has 0 atom stereocenters. The molecule has 2 N–H and O–H groups in total. The Kier molecular flexibility index (Phi) is 5.74. The highest BCUT2D eigenvalue weighted by molar-refractivity contribution is 5.87. The van der Waals surface area contributed by atoms with Gasteiger partial charge in [0.1, 0.15) is 11.3 Å². The van der Waals surface area contributed by atoms with Crippen molar-refractivity contribution in [2.75, 3.05) is 57.4 Å². The van der Waals surface area contributed by atoms with Gasteiger partial charge in [-0.15, -0.1) is 0 Å². The molecule has 5 heterocycles. The first-order valence-corrected chi connectivity index (χ1v) is 12.0. The Morgan fingerprint density at radius 1 is 1.00 bits per heavy atom.